The lowest BCUT2D eigenvalue weighted by atomic mass is 10.2. The van der Waals surface area contributed by atoms with Gasteiger partial charge in [0, 0.05) is 11.6 Å². The number of carbonyl (C=O) groups is 1. The Balaban J connectivity index is 2.17. The summed E-state index contributed by atoms with van der Waals surface area (Å²) in [7, 11) is -3.47. The fourth-order valence-electron chi connectivity index (χ4n) is 2.18. The van der Waals surface area contributed by atoms with Crippen molar-refractivity contribution in [2.24, 2.45) is 0 Å². The molecule has 0 unspecified atom stereocenters. The van der Waals surface area contributed by atoms with Gasteiger partial charge < -0.3 is 4.74 Å². The number of thioether (sulfide) groups is 1. The van der Waals surface area contributed by atoms with Crippen molar-refractivity contribution in [3.8, 4) is 0 Å². The third-order valence-electron chi connectivity index (χ3n) is 3.72. The predicted octanol–water partition coefficient (Wildman–Crippen LogP) is 4.25. The maximum Gasteiger partial charge on any atom is 0.321 e. The number of sulfonamides is 1. The van der Waals surface area contributed by atoms with Crippen LogP contribution in [0, 0.1) is 0 Å². The van der Waals surface area contributed by atoms with Crippen LogP contribution in [0.3, 0.4) is 0 Å². The molecule has 0 bridgehead atoms. The van der Waals surface area contributed by atoms with Crippen molar-refractivity contribution < 1.29 is 17.9 Å². The van der Waals surface area contributed by atoms with E-state index >= 15 is 0 Å². The molecule has 0 amide bonds. The van der Waals surface area contributed by atoms with Crippen LogP contribution < -0.4 is 4.72 Å². The molecule has 1 aromatic rings. The van der Waals surface area contributed by atoms with Crippen LogP contribution in [0.2, 0.25) is 5.02 Å². The second-order valence-electron chi connectivity index (χ2n) is 6.35. The van der Waals surface area contributed by atoms with Gasteiger partial charge in [0.15, 0.2) is 0 Å². The molecule has 0 radical (unpaired) electrons. The van der Waals surface area contributed by atoms with Crippen LogP contribution in [0.25, 0.3) is 0 Å². The molecule has 1 rings (SSSR count). The van der Waals surface area contributed by atoms with Gasteiger partial charge in [0.25, 0.3) is 0 Å². The Kier molecular flexibility index (Phi) is 10.00. The normalized spacial score (nSPS) is 12.2. The zero-order valence-electron chi connectivity index (χ0n) is 15.6. The first-order chi connectivity index (χ1) is 12.2. The van der Waals surface area contributed by atoms with E-state index in [1.165, 1.54) is 12.1 Å². The van der Waals surface area contributed by atoms with E-state index in [0.29, 0.717) is 18.2 Å². The lowest BCUT2D eigenvalue weighted by molar-refractivity contribution is -0.145. The Labute approximate surface area is 166 Å². The first kappa shape index (κ1) is 23.3. The van der Waals surface area contributed by atoms with Gasteiger partial charge in [-0.05, 0) is 63.6 Å². The summed E-state index contributed by atoms with van der Waals surface area (Å²) >= 11 is 7.36. The lowest BCUT2D eigenvalue weighted by Crippen LogP contribution is -2.30. The van der Waals surface area contributed by atoms with E-state index in [-0.39, 0.29) is 10.9 Å². The highest BCUT2D eigenvalue weighted by molar-refractivity contribution is 8.01. The van der Waals surface area contributed by atoms with E-state index in [1.807, 2.05) is 13.8 Å². The molecule has 8 heteroatoms. The summed E-state index contributed by atoms with van der Waals surface area (Å²) in [6.07, 6.45) is 3.69. The van der Waals surface area contributed by atoms with Crippen LogP contribution in [-0.2, 0) is 19.6 Å². The van der Waals surface area contributed by atoms with Crippen molar-refractivity contribution >= 4 is 39.4 Å². The molecule has 0 atom stereocenters. The van der Waals surface area contributed by atoms with Gasteiger partial charge in [0.2, 0.25) is 10.0 Å². The highest BCUT2D eigenvalue weighted by Gasteiger charge is 2.29. The maximum atomic E-state index is 12.1. The van der Waals surface area contributed by atoms with E-state index in [2.05, 4.69) is 4.72 Å². The summed E-state index contributed by atoms with van der Waals surface area (Å²) in [4.78, 5) is 12.0. The molecule has 0 aliphatic carbocycles. The molecule has 1 N–H and O–H groups in total. The highest BCUT2D eigenvalue weighted by Crippen LogP contribution is 2.27. The topological polar surface area (TPSA) is 72.5 Å². The molecular formula is C18H28ClNO4S2. The van der Waals surface area contributed by atoms with Crippen LogP contribution in [0.1, 0.15) is 46.5 Å². The van der Waals surface area contributed by atoms with Crippen molar-refractivity contribution in [3.63, 3.8) is 0 Å². The van der Waals surface area contributed by atoms with E-state index in [1.54, 1.807) is 30.8 Å². The van der Waals surface area contributed by atoms with Crippen LogP contribution in [0.4, 0.5) is 0 Å². The number of benzene rings is 1. The molecule has 0 saturated heterocycles. The highest BCUT2D eigenvalue weighted by atomic mass is 35.5. The number of unbranched alkanes of at least 4 members (excludes halogenated alkanes) is 3. The lowest BCUT2D eigenvalue weighted by Gasteiger charge is -2.21. The second-order valence-corrected chi connectivity index (χ2v) is 10.3. The first-order valence-electron chi connectivity index (χ1n) is 8.75. The van der Waals surface area contributed by atoms with Gasteiger partial charge in [0.05, 0.1) is 11.5 Å². The van der Waals surface area contributed by atoms with E-state index < -0.39 is 14.8 Å². The third kappa shape index (κ3) is 8.29. The molecule has 0 heterocycles. The minimum absolute atomic E-state index is 0.179. The molecule has 0 aliphatic heterocycles. The summed E-state index contributed by atoms with van der Waals surface area (Å²) in [5.74, 6) is 0.698. The largest absolute Gasteiger partial charge is 0.465 e. The molecule has 0 saturated carbocycles. The minimum atomic E-state index is -3.47. The first-order valence-corrected chi connectivity index (χ1v) is 11.6. The molecule has 0 spiro atoms. The van der Waals surface area contributed by atoms with Gasteiger partial charge in [-0.15, -0.1) is 11.8 Å². The molecule has 148 valence electrons. The van der Waals surface area contributed by atoms with Crippen LogP contribution in [-0.4, -0.2) is 38.0 Å². The Hall–Kier alpha value is -0.760. The number of ether oxygens (including phenoxy) is 1. The van der Waals surface area contributed by atoms with Crippen molar-refractivity contribution in [2.75, 3.05) is 18.9 Å². The van der Waals surface area contributed by atoms with E-state index in [4.69, 9.17) is 16.3 Å². The number of hydrogen-bond acceptors (Lipinski definition) is 5. The molecule has 26 heavy (non-hydrogen) atoms. The predicted molar refractivity (Wildman–Crippen MR) is 108 cm³/mol. The minimum Gasteiger partial charge on any atom is -0.465 e. The Morgan fingerprint density at radius 2 is 1.77 bits per heavy atom. The summed E-state index contributed by atoms with van der Waals surface area (Å²) in [6.45, 7) is 6.36. The number of esters is 1. The zero-order chi connectivity index (χ0) is 19.6. The average Bonchev–Trinajstić information content (AvgIpc) is 2.57. The standard InChI is InChI=1S/C18H28ClNO4S2/c1-4-24-17(21)18(2,3)25-14-8-6-5-7-13-20-26(22,23)16-11-9-15(19)10-12-16/h9-12,20H,4-8,13-14H2,1-3H3. The molecule has 5 nitrogen and oxygen atoms in total. The molecule has 0 aromatic heterocycles. The maximum absolute atomic E-state index is 12.1. The monoisotopic (exact) mass is 421 g/mol. The summed E-state index contributed by atoms with van der Waals surface area (Å²) < 4.78 is 31.3. The van der Waals surface area contributed by atoms with E-state index in [0.717, 1.165) is 31.4 Å². The molecule has 1 aromatic carbocycles. The van der Waals surface area contributed by atoms with Crippen LogP contribution in [0.15, 0.2) is 29.2 Å². The number of hydrogen-bond donors (Lipinski definition) is 1. The molecule has 0 fully saturated rings. The summed E-state index contributed by atoms with van der Waals surface area (Å²) in [5, 5.41) is 0.507. The van der Waals surface area contributed by atoms with Gasteiger partial charge in [-0.3, -0.25) is 4.79 Å². The fraction of sp³-hybridized carbons (Fsp3) is 0.611. The third-order valence-corrected chi connectivity index (χ3v) is 6.83. The zero-order valence-corrected chi connectivity index (χ0v) is 18.0. The fourth-order valence-corrected chi connectivity index (χ4v) is 4.41. The summed E-state index contributed by atoms with van der Waals surface area (Å²) in [6, 6.07) is 6.11. The number of nitrogens with one attached hydrogen (secondary N) is 1. The smallest absolute Gasteiger partial charge is 0.321 e. The Morgan fingerprint density at radius 3 is 2.38 bits per heavy atom. The number of halogens is 1. The Bertz CT molecular complexity index is 660. The number of rotatable bonds is 12. The molecular weight excluding hydrogens is 394 g/mol. The quantitative estimate of drug-likeness (QED) is 0.403. The van der Waals surface area contributed by atoms with Crippen molar-refractivity contribution in [1.82, 2.24) is 4.72 Å². The van der Waals surface area contributed by atoms with Gasteiger partial charge >= 0.3 is 5.97 Å². The van der Waals surface area contributed by atoms with Gasteiger partial charge in [0.1, 0.15) is 4.75 Å². The Morgan fingerprint density at radius 1 is 1.15 bits per heavy atom. The summed E-state index contributed by atoms with van der Waals surface area (Å²) in [5.41, 5.74) is 0. The van der Waals surface area contributed by atoms with Gasteiger partial charge in [-0.25, -0.2) is 13.1 Å². The molecule has 0 aliphatic rings. The number of carbonyl (C=O) groups excluding carboxylic acids is 1. The second kappa shape index (κ2) is 11.2. The van der Waals surface area contributed by atoms with Crippen molar-refractivity contribution in [1.29, 1.82) is 0 Å². The van der Waals surface area contributed by atoms with E-state index in [9.17, 15) is 13.2 Å². The van der Waals surface area contributed by atoms with Crippen LogP contribution in [0.5, 0.6) is 0 Å². The van der Waals surface area contributed by atoms with Gasteiger partial charge in [-0.2, -0.15) is 0 Å². The van der Waals surface area contributed by atoms with Crippen LogP contribution >= 0.6 is 23.4 Å². The van der Waals surface area contributed by atoms with Crippen molar-refractivity contribution in [3.05, 3.63) is 29.3 Å². The SMILES string of the molecule is CCOC(=O)C(C)(C)SCCCCCCNS(=O)(=O)c1ccc(Cl)cc1. The van der Waals surface area contributed by atoms with Crippen molar-refractivity contribution in [2.45, 2.75) is 56.1 Å². The average molecular weight is 422 g/mol. The van der Waals surface area contributed by atoms with Gasteiger partial charge in [-0.1, -0.05) is 24.4 Å².